The predicted molar refractivity (Wildman–Crippen MR) is 177 cm³/mol. The Hall–Kier alpha value is -3.81. The molecule has 3 N–H and O–H groups in total. The molecular weight excluding hydrogens is 666 g/mol. The summed E-state index contributed by atoms with van der Waals surface area (Å²) >= 11 is 12.6. The zero-order chi connectivity index (χ0) is 34.3. The van der Waals surface area contributed by atoms with Crippen LogP contribution in [0.25, 0.3) is 0 Å². The van der Waals surface area contributed by atoms with E-state index in [1.807, 2.05) is 6.07 Å². The molecule has 1 amide bonds. The van der Waals surface area contributed by atoms with Crippen molar-refractivity contribution in [3.05, 3.63) is 96.8 Å². The smallest absolute Gasteiger partial charge is 0.341 e. The van der Waals surface area contributed by atoms with Gasteiger partial charge in [-0.15, -0.1) is 0 Å². The van der Waals surface area contributed by atoms with Crippen molar-refractivity contribution in [2.75, 3.05) is 32.7 Å². The van der Waals surface area contributed by atoms with Crippen molar-refractivity contribution < 1.29 is 33.5 Å². The highest BCUT2D eigenvalue weighted by atomic mass is 35.5. The van der Waals surface area contributed by atoms with Crippen molar-refractivity contribution in [3.8, 4) is 5.75 Å². The lowest BCUT2D eigenvalue weighted by Gasteiger charge is -2.45. The molecule has 1 spiro atoms. The van der Waals surface area contributed by atoms with Crippen LogP contribution < -0.4 is 15.4 Å². The summed E-state index contributed by atoms with van der Waals surface area (Å²) in [5, 5.41) is 29.5. The van der Waals surface area contributed by atoms with Crippen LogP contribution in [0.3, 0.4) is 0 Å². The minimum atomic E-state index is -1.33. The first kappa shape index (κ1) is 34.1. The van der Waals surface area contributed by atoms with E-state index in [2.05, 4.69) is 15.5 Å². The highest BCUT2D eigenvalue weighted by Crippen LogP contribution is 2.54. The summed E-state index contributed by atoms with van der Waals surface area (Å²) in [6.07, 6.45) is 2.40. The van der Waals surface area contributed by atoms with Crippen LogP contribution in [0.2, 0.25) is 10.0 Å². The molecule has 3 aliphatic rings. The Morgan fingerprint density at radius 1 is 1.21 bits per heavy atom. The SMILES string of the molecule is COC(=O)c1cc([N+](=O)[O-])c(CN[C@@H]2[C@H](CCO)N(CC3CC3)[C@]3(Cc4ccc(Cl)cc4NC3=O)[C@H]2c2cccc(Cl)c2F)cc1OC. The standard InChI is InChI=1S/C34H35Cl2FN4O7/c1-47-28-12-20(27(41(45)46)14-23(28)32(43)48-2)16-38-31-26(10-11-42)40(17-18-6-7-18)34(29(31)22-4-3-5-24(36)30(22)37)15-19-8-9-21(35)13-25(19)39-33(34)44/h3-5,8-9,12-14,18,26,29,31,38,42H,6-7,10-11,15-17H2,1-2H3,(H,39,44)/t26-,29-,31+,34+/m0/s1. The number of fused-ring (bicyclic) bond motifs is 1. The van der Waals surface area contributed by atoms with E-state index in [1.165, 1.54) is 19.2 Å². The van der Waals surface area contributed by atoms with Crippen LogP contribution in [0.4, 0.5) is 15.8 Å². The summed E-state index contributed by atoms with van der Waals surface area (Å²) in [5.74, 6) is -2.28. The van der Waals surface area contributed by atoms with Crippen LogP contribution in [-0.2, 0) is 22.5 Å². The molecule has 4 atom stereocenters. The summed E-state index contributed by atoms with van der Waals surface area (Å²) < 4.78 is 26.4. The molecule has 2 fully saturated rings. The van der Waals surface area contributed by atoms with Crippen LogP contribution in [0.15, 0.2) is 48.5 Å². The second-order valence-electron chi connectivity index (χ2n) is 12.5. The van der Waals surface area contributed by atoms with Crippen molar-refractivity contribution in [2.45, 2.75) is 55.8 Å². The van der Waals surface area contributed by atoms with Gasteiger partial charge in [0.2, 0.25) is 5.91 Å². The summed E-state index contributed by atoms with van der Waals surface area (Å²) in [4.78, 5) is 40.8. The van der Waals surface area contributed by atoms with Gasteiger partial charge in [0, 0.05) is 66.5 Å². The molecule has 6 rings (SSSR count). The number of aliphatic hydroxyl groups is 1. The van der Waals surface area contributed by atoms with Crippen molar-refractivity contribution in [1.29, 1.82) is 0 Å². The third-order valence-corrected chi connectivity index (χ3v) is 10.3. The van der Waals surface area contributed by atoms with Crippen molar-refractivity contribution >= 4 is 46.5 Å². The second-order valence-corrected chi connectivity index (χ2v) is 13.3. The van der Waals surface area contributed by atoms with Gasteiger partial charge >= 0.3 is 5.97 Å². The molecule has 0 unspecified atom stereocenters. The van der Waals surface area contributed by atoms with Gasteiger partial charge in [-0.25, -0.2) is 9.18 Å². The monoisotopic (exact) mass is 700 g/mol. The Morgan fingerprint density at radius 2 is 1.98 bits per heavy atom. The Bertz CT molecular complexity index is 1770. The molecule has 1 saturated heterocycles. The first-order valence-electron chi connectivity index (χ1n) is 15.6. The number of nitro groups is 1. The summed E-state index contributed by atoms with van der Waals surface area (Å²) in [5.41, 5.74) is -0.00243. The summed E-state index contributed by atoms with van der Waals surface area (Å²) in [6, 6.07) is 11.3. The van der Waals surface area contributed by atoms with Gasteiger partial charge in [-0.05, 0) is 60.6 Å². The Labute approximate surface area is 286 Å². The molecule has 2 heterocycles. The van der Waals surface area contributed by atoms with Gasteiger partial charge in [0.05, 0.1) is 24.2 Å². The minimum absolute atomic E-state index is 0.0776. The number of nitrogens with one attached hydrogen (secondary N) is 2. The molecule has 11 nitrogen and oxygen atoms in total. The fraction of sp³-hybridized carbons (Fsp3) is 0.412. The van der Waals surface area contributed by atoms with Gasteiger partial charge in [0.15, 0.2) is 0 Å². The number of ether oxygens (including phenoxy) is 2. The van der Waals surface area contributed by atoms with E-state index in [9.17, 15) is 24.8 Å². The third kappa shape index (κ3) is 6.00. The van der Waals surface area contributed by atoms with Crippen molar-refractivity contribution in [2.24, 2.45) is 5.92 Å². The number of nitro benzene ring substituents is 1. The number of carbonyl (C=O) groups is 2. The zero-order valence-corrected chi connectivity index (χ0v) is 27.8. The number of benzene rings is 3. The number of hydrogen-bond donors (Lipinski definition) is 3. The fourth-order valence-electron chi connectivity index (χ4n) is 7.49. The third-order valence-electron chi connectivity index (χ3n) is 9.80. The van der Waals surface area contributed by atoms with Gasteiger partial charge in [0.25, 0.3) is 5.69 Å². The average molecular weight is 702 g/mol. The average Bonchev–Trinajstić information content (AvgIpc) is 3.86. The van der Waals surface area contributed by atoms with Gasteiger partial charge in [0.1, 0.15) is 22.7 Å². The van der Waals surface area contributed by atoms with Gasteiger partial charge in [-0.2, -0.15) is 0 Å². The molecule has 1 aliphatic carbocycles. The topological polar surface area (TPSA) is 143 Å². The Kier molecular flexibility index (Phi) is 9.65. The lowest BCUT2D eigenvalue weighted by Crippen LogP contribution is -2.61. The summed E-state index contributed by atoms with van der Waals surface area (Å²) in [7, 11) is 2.50. The van der Waals surface area contributed by atoms with E-state index in [0.717, 1.165) is 31.6 Å². The molecule has 48 heavy (non-hydrogen) atoms. The van der Waals surface area contributed by atoms with E-state index in [0.29, 0.717) is 23.2 Å². The van der Waals surface area contributed by atoms with Crippen LogP contribution in [0.5, 0.6) is 5.75 Å². The van der Waals surface area contributed by atoms with E-state index >= 15 is 4.39 Å². The number of methoxy groups -OCH3 is 2. The highest BCUT2D eigenvalue weighted by Gasteiger charge is 2.64. The molecule has 2 aliphatic heterocycles. The highest BCUT2D eigenvalue weighted by molar-refractivity contribution is 6.31. The minimum Gasteiger partial charge on any atom is -0.496 e. The first-order chi connectivity index (χ1) is 23.0. The quantitative estimate of drug-likeness (QED) is 0.134. The van der Waals surface area contributed by atoms with Gasteiger partial charge < -0.3 is 25.2 Å². The van der Waals surface area contributed by atoms with Crippen LogP contribution >= 0.6 is 23.2 Å². The fourth-order valence-corrected chi connectivity index (χ4v) is 7.84. The molecular formula is C34H35Cl2FN4O7. The Balaban J connectivity index is 1.52. The first-order valence-corrected chi connectivity index (χ1v) is 16.4. The molecule has 1 saturated carbocycles. The number of halogens is 3. The van der Waals surface area contributed by atoms with Crippen LogP contribution in [0, 0.1) is 21.8 Å². The molecule has 0 radical (unpaired) electrons. The van der Waals surface area contributed by atoms with E-state index in [4.69, 9.17) is 32.7 Å². The van der Waals surface area contributed by atoms with Gasteiger partial charge in [-0.1, -0.05) is 41.4 Å². The number of anilines is 1. The van der Waals surface area contributed by atoms with Gasteiger partial charge in [-0.3, -0.25) is 19.8 Å². The number of likely N-dealkylation sites (tertiary alicyclic amines) is 1. The lowest BCUT2D eigenvalue weighted by atomic mass is 9.71. The number of esters is 1. The number of hydrogen-bond acceptors (Lipinski definition) is 9. The molecule has 3 aromatic rings. The van der Waals surface area contributed by atoms with E-state index < -0.39 is 40.3 Å². The molecule has 0 bridgehead atoms. The summed E-state index contributed by atoms with van der Waals surface area (Å²) in [6.45, 7) is 0.195. The maximum Gasteiger partial charge on any atom is 0.341 e. The second kappa shape index (κ2) is 13.6. The number of rotatable bonds is 11. The van der Waals surface area contributed by atoms with E-state index in [-0.39, 0.29) is 65.1 Å². The van der Waals surface area contributed by atoms with Crippen molar-refractivity contribution in [3.63, 3.8) is 0 Å². The molecule has 3 aromatic carbocycles. The number of nitrogens with zero attached hydrogens (tertiary/aromatic N) is 2. The molecule has 14 heteroatoms. The van der Waals surface area contributed by atoms with E-state index in [1.54, 1.807) is 24.3 Å². The Morgan fingerprint density at radius 3 is 2.65 bits per heavy atom. The maximum atomic E-state index is 16.2. The number of amides is 1. The molecule has 254 valence electrons. The molecule has 0 aromatic heterocycles. The number of carbonyl (C=O) groups excluding carboxylic acids is 2. The zero-order valence-electron chi connectivity index (χ0n) is 26.3. The van der Waals surface area contributed by atoms with Crippen molar-refractivity contribution in [1.82, 2.24) is 10.2 Å². The lowest BCUT2D eigenvalue weighted by molar-refractivity contribution is -0.385. The normalized spacial score (nSPS) is 23.5. The predicted octanol–water partition coefficient (Wildman–Crippen LogP) is 5.49. The largest absolute Gasteiger partial charge is 0.496 e. The maximum absolute atomic E-state index is 16.2. The number of aliphatic hydroxyl groups excluding tert-OH is 1. The van der Waals surface area contributed by atoms with Crippen LogP contribution in [-0.4, -0.2) is 71.8 Å². The van der Waals surface area contributed by atoms with Crippen LogP contribution in [0.1, 0.15) is 52.2 Å².